The summed E-state index contributed by atoms with van der Waals surface area (Å²) in [5.74, 6) is -1.06. The van der Waals surface area contributed by atoms with Gasteiger partial charge < -0.3 is 15.5 Å². The molecule has 0 aliphatic heterocycles. The second-order valence-electron chi connectivity index (χ2n) is 4.04. The molecule has 2 unspecified atom stereocenters. The van der Waals surface area contributed by atoms with Crippen LogP contribution in [0.25, 0.3) is 0 Å². The molecule has 0 spiro atoms. The van der Waals surface area contributed by atoms with Gasteiger partial charge in [-0.25, -0.2) is 4.79 Å². The van der Waals surface area contributed by atoms with Crippen molar-refractivity contribution < 1.29 is 19.8 Å². The van der Waals surface area contributed by atoms with E-state index in [0.29, 0.717) is 5.75 Å². The molecule has 0 bridgehead atoms. The van der Waals surface area contributed by atoms with Crippen molar-refractivity contribution >= 4 is 23.6 Å². The van der Waals surface area contributed by atoms with Gasteiger partial charge in [0.15, 0.2) is 6.04 Å². The summed E-state index contributed by atoms with van der Waals surface area (Å²) < 4.78 is 0. The molecule has 0 aliphatic rings. The highest BCUT2D eigenvalue weighted by molar-refractivity contribution is 7.99. The maximum Gasteiger partial charge on any atom is 0.328 e. The highest BCUT2D eigenvalue weighted by Gasteiger charge is 2.24. The van der Waals surface area contributed by atoms with Gasteiger partial charge in [0, 0.05) is 17.1 Å². The number of carbonyl (C=O) groups excluding carboxylic acids is 1. The first-order valence-electron chi connectivity index (χ1n) is 5.89. The van der Waals surface area contributed by atoms with E-state index in [4.69, 9.17) is 5.11 Å². The van der Waals surface area contributed by atoms with Crippen LogP contribution in [0.15, 0.2) is 35.2 Å². The fraction of sp³-hybridized carbons (Fsp3) is 0.385. The second-order valence-corrected chi connectivity index (χ2v) is 5.20. The van der Waals surface area contributed by atoms with Crippen LogP contribution in [-0.4, -0.2) is 40.0 Å². The van der Waals surface area contributed by atoms with Gasteiger partial charge in [-0.15, -0.1) is 11.8 Å². The standard InChI is InChI=1S/C13H17NO4S/c1-9(15)12(13(17)18)14-11(16)7-8-19-10-5-3-2-4-6-10/h2-6,9,12,15H,7-8H2,1H3,(H,14,16)(H,17,18). The third-order valence-corrected chi connectivity index (χ3v) is 3.42. The topological polar surface area (TPSA) is 86.6 Å². The van der Waals surface area contributed by atoms with E-state index in [1.807, 2.05) is 30.3 Å². The highest BCUT2D eigenvalue weighted by Crippen LogP contribution is 2.17. The second kappa shape index (κ2) is 7.81. The molecule has 1 aromatic carbocycles. The Labute approximate surface area is 116 Å². The van der Waals surface area contributed by atoms with Gasteiger partial charge in [0.05, 0.1) is 6.10 Å². The van der Waals surface area contributed by atoms with Crippen molar-refractivity contribution in [3.63, 3.8) is 0 Å². The zero-order chi connectivity index (χ0) is 14.3. The number of aliphatic carboxylic acids is 1. The summed E-state index contributed by atoms with van der Waals surface area (Å²) in [4.78, 5) is 23.4. The number of amides is 1. The number of nitrogens with one attached hydrogen (secondary N) is 1. The van der Waals surface area contributed by atoms with Crippen LogP contribution in [0.4, 0.5) is 0 Å². The van der Waals surface area contributed by atoms with E-state index in [9.17, 15) is 14.7 Å². The van der Waals surface area contributed by atoms with Gasteiger partial charge in [0.2, 0.25) is 5.91 Å². The van der Waals surface area contributed by atoms with Crippen molar-refractivity contribution in [2.45, 2.75) is 30.4 Å². The van der Waals surface area contributed by atoms with Crippen LogP contribution in [-0.2, 0) is 9.59 Å². The molecule has 1 aromatic rings. The summed E-state index contributed by atoms with van der Waals surface area (Å²) >= 11 is 1.52. The van der Waals surface area contributed by atoms with E-state index in [1.54, 1.807) is 0 Å². The Morgan fingerprint density at radius 1 is 1.32 bits per heavy atom. The number of rotatable bonds is 7. The Morgan fingerprint density at radius 2 is 1.95 bits per heavy atom. The number of carboxylic acid groups (broad SMARTS) is 1. The monoisotopic (exact) mass is 283 g/mol. The first-order chi connectivity index (χ1) is 9.00. The SMILES string of the molecule is CC(O)C(NC(=O)CCSc1ccccc1)C(=O)O. The Balaban J connectivity index is 2.33. The lowest BCUT2D eigenvalue weighted by Crippen LogP contribution is -2.47. The van der Waals surface area contributed by atoms with Crippen molar-refractivity contribution in [1.82, 2.24) is 5.32 Å². The lowest BCUT2D eigenvalue weighted by atomic mass is 10.2. The van der Waals surface area contributed by atoms with Gasteiger partial charge in [0.25, 0.3) is 0 Å². The Bertz CT molecular complexity index is 422. The summed E-state index contributed by atoms with van der Waals surface area (Å²) in [5.41, 5.74) is 0. The molecule has 0 saturated heterocycles. The fourth-order valence-electron chi connectivity index (χ4n) is 1.41. The van der Waals surface area contributed by atoms with E-state index in [1.165, 1.54) is 18.7 Å². The van der Waals surface area contributed by atoms with Gasteiger partial charge in [0.1, 0.15) is 0 Å². The quantitative estimate of drug-likeness (QED) is 0.653. The molecular weight excluding hydrogens is 266 g/mol. The molecule has 0 aromatic heterocycles. The lowest BCUT2D eigenvalue weighted by Gasteiger charge is -2.16. The molecule has 3 N–H and O–H groups in total. The third kappa shape index (κ3) is 5.76. The molecule has 0 fully saturated rings. The summed E-state index contributed by atoms with van der Waals surface area (Å²) in [5, 5.41) is 20.4. The smallest absolute Gasteiger partial charge is 0.328 e. The number of hydrogen-bond donors (Lipinski definition) is 3. The minimum Gasteiger partial charge on any atom is -0.480 e. The maximum absolute atomic E-state index is 11.6. The Kier molecular flexibility index (Phi) is 6.38. The zero-order valence-electron chi connectivity index (χ0n) is 10.6. The van der Waals surface area contributed by atoms with Crippen LogP contribution >= 0.6 is 11.8 Å². The summed E-state index contributed by atoms with van der Waals surface area (Å²) in [7, 11) is 0. The van der Waals surface area contributed by atoms with E-state index < -0.39 is 18.1 Å². The summed E-state index contributed by atoms with van der Waals surface area (Å²) in [6.45, 7) is 1.33. The highest BCUT2D eigenvalue weighted by atomic mass is 32.2. The molecular formula is C13H17NO4S. The average molecular weight is 283 g/mol. The van der Waals surface area contributed by atoms with Gasteiger partial charge in [-0.3, -0.25) is 4.79 Å². The molecule has 104 valence electrons. The first-order valence-corrected chi connectivity index (χ1v) is 6.87. The predicted molar refractivity (Wildman–Crippen MR) is 73.0 cm³/mol. The molecule has 0 saturated carbocycles. The van der Waals surface area contributed by atoms with E-state index >= 15 is 0 Å². The molecule has 0 radical (unpaired) electrons. The van der Waals surface area contributed by atoms with Gasteiger partial charge in [-0.2, -0.15) is 0 Å². The number of aliphatic hydroxyl groups excluding tert-OH is 1. The van der Waals surface area contributed by atoms with E-state index in [-0.39, 0.29) is 12.3 Å². The van der Waals surface area contributed by atoms with Crippen molar-refractivity contribution in [2.24, 2.45) is 0 Å². The zero-order valence-corrected chi connectivity index (χ0v) is 11.4. The fourth-order valence-corrected chi connectivity index (χ4v) is 2.29. The van der Waals surface area contributed by atoms with Gasteiger partial charge in [-0.1, -0.05) is 18.2 Å². The van der Waals surface area contributed by atoms with E-state index in [0.717, 1.165) is 4.90 Å². The van der Waals surface area contributed by atoms with Crippen LogP contribution in [0.5, 0.6) is 0 Å². The predicted octanol–water partition coefficient (Wildman–Crippen LogP) is 1.12. The van der Waals surface area contributed by atoms with Crippen LogP contribution < -0.4 is 5.32 Å². The number of carbonyl (C=O) groups is 2. The van der Waals surface area contributed by atoms with Gasteiger partial charge >= 0.3 is 5.97 Å². The third-order valence-electron chi connectivity index (χ3n) is 2.41. The first kappa shape index (κ1) is 15.5. The Hall–Kier alpha value is -1.53. The van der Waals surface area contributed by atoms with Crippen molar-refractivity contribution in [1.29, 1.82) is 0 Å². The summed E-state index contributed by atoms with van der Waals surface area (Å²) in [6.07, 6.45) is -0.918. The number of hydrogen-bond acceptors (Lipinski definition) is 4. The molecule has 1 amide bonds. The molecule has 19 heavy (non-hydrogen) atoms. The van der Waals surface area contributed by atoms with Crippen LogP contribution in [0.1, 0.15) is 13.3 Å². The molecule has 1 rings (SSSR count). The van der Waals surface area contributed by atoms with Crippen molar-refractivity contribution in [3.8, 4) is 0 Å². The van der Waals surface area contributed by atoms with Crippen LogP contribution in [0.3, 0.4) is 0 Å². The maximum atomic E-state index is 11.6. The van der Waals surface area contributed by atoms with Crippen LogP contribution in [0, 0.1) is 0 Å². The molecule has 5 nitrogen and oxygen atoms in total. The summed E-state index contributed by atoms with van der Waals surface area (Å²) in [6, 6.07) is 8.37. The number of benzene rings is 1. The molecule has 0 aliphatic carbocycles. The van der Waals surface area contributed by atoms with E-state index in [2.05, 4.69) is 5.32 Å². The minimum absolute atomic E-state index is 0.204. The largest absolute Gasteiger partial charge is 0.480 e. The van der Waals surface area contributed by atoms with Gasteiger partial charge in [-0.05, 0) is 19.1 Å². The minimum atomic E-state index is -1.26. The number of carboxylic acids is 1. The normalized spacial score (nSPS) is 13.6. The molecule has 6 heteroatoms. The lowest BCUT2D eigenvalue weighted by molar-refractivity contribution is -0.144. The van der Waals surface area contributed by atoms with Crippen LogP contribution in [0.2, 0.25) is 0 Å². The molecule has 2 atom stereocenters. The van der Waals surface area contributed by atoms with Crippen molar-refractivity contribution in [3.05, 3.63) is 30.3 Å². The molecule has 0 heterocycles. The Morgan fingerprint density at radius 3 is 2.47 bits per heavy atom. The number of thioether (sulfide) groups is 1. The van der Waals surface area contributed by atoms with Crippen molar-refractivity contribution in [2.75, 3.05) is 5.75 Å². The average Bonchev–Trinajstić information content (AvgIpc) is 2.36. The number of aliphatic hydroxyl groups is 1.